The van der Waals surface area contributed by atoms with Crippen LogP contribution in [-0.4, -0.2) is 17.6 Å². The first-order valence-corrected chi connectivity index (χ1v) is 8.13. The molecule has 24 heavy (non-hydrogen) atoms. The van der Waals surface area contributed by atoms with Crippen LogP contribution >= 0.6 is 0 Å². The van der Waals surface area contributed by atoms with Crippen LogP contribution in [0.4, 0.5) is 5.69 Å². The Bertz CT molecular complexity index is 700. The van der Waals surface area contributed by atoms with Gasteiger partial charge in [0.15, 0.2) is 0 Å². The molecule has 1 amide bonds. The second-order valence-corrected chi connectivity index (χ2v) is 6.70. The van der Waals surface area contributed by atoms with E-state index in [1.165, 1.54) is 5.56 Å². The van der Waals surface area contributed by atoms with Crippen molar-refractivity contribution >= 4 is 11.6 Å². The quantitative estimate of drug-likeness (QED) is 0.868. The van der Waals surface area contributed by atoms with Crippen molar-refractivity contribution in [1.82, 2.24) is 0 Å². The number of aliphatic hydroxyl groups is 1. The minimum absolute atomic E-state index is 0.0557. The van der Waals surface area contributed by atoms with Crippen LogP contribution in [0.3, 0.4) is 0 Å². The molecule has 0 aliphatic heterocycles. The maximum Gasteiger partial charge on any atom is 0.255 e. The lowest BCUT2D eigenvalue weighted by Gasteiger charge is -2.19. The Morgan fingerprint density at radius 3 is 2.33 bits per heavy atom. The second kappa shape index (κ2) is 7.49. The van der Waals surface area contributed by atoms with Crippen molar-refractivity contribution in [1.29, 1.82) is 0 Å². The van der Waals surface area contributed by atoms with Crippen LogP contribution in [0.2, 0.25) is 0 Å². The van der Waals surface area contributed by atoms with Crippen molar-refractivity contribution in [3.8, 4) is 5.75 Å². The van der Waals surface area contributed by atoms with Gasteiger partial charge in [-0.1, -0.05) is 32.9 Å². The van der Waals surface area contributed by atoms with Gasteiger partial charge in [0, 0.05) is 16.8 Å². The molecule has 0 saturated carbocycles. The summed E-state index contributed by atoms with van der Waals surface area (Å²) in [7, 11) is 0. The van der Waals surface area contributed by atoms with Gasteiger partial charge in [-0.15, -0.1) is 0 Å². The van der Waals surface area contributed by atoms with Crippen LogP contribution in [-0.2, 0) is 12.0 Å². The molecule has 0 unspecified atom stereocenters. The highest BCUT2D eigenvalue weighted by Crippen LogP contribution is 2.24. The number of amides is 1. The minimum atomic E-state index is -0.177. The predicted octanol–water partition coefficient (Wildman–Crippen LogP) is 4.13. The van der Waals surface area contributed by atoms with Crippen molar-refractivity contribution in [3.05, 3.63) is 59.2 Å². The predicted molar refractivity (Wildman–Crippen MR) is 96.6 cm³/mol. The number of hydrogen-bond donors (Lipinski definition) is 2. The van der Waals surface area contributed by atoms with Crippen LogP contribution in [0, 0.1) is 0 Å². The highest BCUT2D eigenvalue weighted by atomic mass is 16.5. The number of benzene rings is 2. The van der Waals surface area contributed by atoms with Crippen molar-refractivity contribution in [2.75, 3.05) is 11.9 Å². The first-order valence-electron chi connectivity index (χ1n) is 8.13. The zero-order valence-electron chi connectivity index (χ0n) is 14.7. The molecular weight excluding hydrogens is 302 g/mol. The summed E-state index contributed by atoms with van der Waals surface area (Å²) >= 11 is 0. The number of hydrogen-bond acceptors (Lipinski definition) is 3. The fourth-order valence-electron chi connectivity index (χ4n) is 2.40. The minimum Gasteiger partial charge on any atom is -0.494 e. The molecule has 2 aromatic carbocycles. The molecule has 0 heterocycles. The third kappa shape index (κ3) is 4.36. The summed E-state index contributed by atoms with van der Waals surface area (Å²) in [4.78, 5) is 12.4. The van der Waals surface area contributed by atoms with Gasteiger partial charge in [0.25, 0.3) is 5.91 Å². The lowest BCUT2D eigenvalue weighted by molar-refractivity contribution is 0.102. The van der Waals surface area contributed by atoms with Crippen LogP contribution in [0.25, 0.3) is 0 Å². The lowest BCUT2D eigenvalue weighted by atomic mass is 9.87. The number of anilines is 1. The molecule has 2 rings (SSSR count). The van der Waals surface area contributed by atoms with E-state index in [1.54, 1.807) is 18.2 Å². The number of ether oxygens (including phenoxy) is 1. The smallest absolute Gasteiger partial charge is 0.255 e. The van der Waals surface area contributed by atoms with Gasteiger partial charge in [0.1, 0.15) is 5.75 Å². The molecule has 0 spiro atoms. The van der Waals surface area contributed by atoms with Crippen LogP contribution in [0.5, 0.6) is 5.75 Å². The zero-order valence-corrected chi connectivity index (χ0v) is 14.7. The van der Waals surface area contributed by atoms with Crippen molar-refractivity contribution in [3.63, 3.8) is 0 Å². The Balaban J connectivity index is 2.14. The number of nitrogens with one attached hydrogen (secondary N) is 1. The summed E-state index contributed by atoms with van der Waals surface area (Å²) < 4.78 is 5.44. The molecule has 0 radical (unpaired) electrons. The molecule has 2 aromatic rings. The standard InChI is InChI=1S/C20H25NO3/c1-5-24-18-11-10-17(12-15(18)13-22)21-19(23)14-6-8-16(9-7-14)20(2,3)4/h6-12,22H,5,13H2,1-4H3,(H,21,23). The van der Waals surface area contributed by atoms with Crippen molar-refractivity contribution < 1.29 is 14.6 Å². The molecule has 0 aromatic heterocycles. The van der Waals surface area contributed by atoms with E-state index in [0.29, 0.717) is 29.2 Å². The van der Waals surface area contributed by atoms with Crippen LogP contribution < -0.4 is 10.1 Å². The summed E-state index contributed by atoms with van der Waals surface area (Å²) in [5, 5.41) is 12.3. The van der Waals surface area contributed by atoms with Crippen molar-refractivity contribution in [2.24, 2.45) is 0 Å². The SMILES string of the molecule is CCOc1ccc(NC(=O)c2ccc(C(C)(C)C)cc2)cc1CO. The molecule has 2 N–H and O–H groups in total. The largest absolute Gasteiger partial charge is 0.494 e. The van der Waals surface area contributed by atoms with Gasteiger partial charge < -0.3 is 15.2 Å². The van der Waals surface area contributed by atoms with Gasteiger partial charge >= 0.3 is 0 Å². The first kappa shape index (κ1) is 18.0. The third-order valence-corrected chi connectivity index (χ3v) is 3.80. The Kier molecular flexibility index (Phi) is 5.62. The van der Waals surface area contributed by atoms with Gasteiger partial charge in [-0.3, -0.25) is 4.79 Å². The molecule has 128 valence electrons. The lowest BCUT2D eigenvalue weighted by Crippen LogP contribution is -2.14. The van der Waals surface area contributed by atoms with E-state index in [-0.39, 0.29) is 17.9 Å². The number of carbonyl (C=O) groups excluding carboxylic acids is 1. The van der Waals surface area contributed by atoms with Gasteiger partial charge in [0.05, 0.1) is 13.2 Å². The van der Waals surface area contributed by atoms with E-state index in [0.717, 1.165) is 0 Å². The average Bonchev–Trinajstić information content (AvgIpc) is 2.55. The summed E-state index contributed by atoms with van der Waals surface area (Å²) in [6.07, 6.45) is 0. The van der Waals surface area contributed by atoms with Gasteiger partial charge in [-0.25, -0.2) is 0 Å². The fourth-order valence-corrected chi connectivity index (χ4v) is 2.40. The molecule has 0 bridgehead atoms. The topological polar surface area (TPSA) is 58.6 Å². The fraction of sp³-hybridized carbons (Fsp3) is 0.350. The third-order valence-electron chi connectivity index (χ3n) is 3.80. The van der Waals surface area contributed by atoms with E-state index in [2.05, 4.69) is 26.1 Å². The zero-order chi connectivity index (χ0) is 17.7. The summed E-state index contributed by atoms with van der Waals surface area (Å²) in [6, 6.07) is 12.9. The normalized spacial score (nSPS) is 11.2. The van der Waals surface area contributed by atoms with E-state index >= 15 is 0 Å². The second-order valence-electron chi connectivity index (χ2n) is 6.70. The highest BCUT2D eigenvalue weighted by Gasteiger charge is 2.14. The molecule has 4 heteroatoms. The number of rotatable bonds is 5. The molecule has 4 nitrogen and oxygen atoms in total. The number of carbonyl (C=O) groups is 1. The Hall–Kier alpha value is -2.33. The van der Waals surface area contributed by atoms with Crippen LogP contribution in [0.15, 0.2) is 42.5 Å². The maximum atomic E-state index is 12.4. The van der Waals surface area contributed by atoms with Gasteiger partial charge in [-0.2, -0.15) is 0 Å². The van der Waals surface area contributed by atoms with Gasteiger partial charge in [0.2, 0.25) is 0 Å². The summed E-state index contributed by atoms with van der Waals surface area (Å²) in [5.74, 6) is 0.455. The molecule has 0 aliphatic rings. The van der Waals surface area contributed by atoms with E-state index in [1.807, 2.05) is 31.2 Å². The van der Waals surface area contributed by atoms with E-state index in [9.17, 15) is 9.90 Å². The molecular formula is C20H25NO3. The van der Waals surface area contributed by atoms with Gasteiger partial charge in [-0.05, 0) is 48.2 Å². The maximum absolute atomic E-state index is 12.4. The molecule has 0 saturated heterocycles. The molecule has 0 aliphatic carbocycles. The highest BCUT2D eigenvalue weighted by molar-refractivity contribution is 6.04. The van der Waals surface area contributed by atoms with E-state index < -0.39 is 0 Å². The Morgan fingerprint density at radius 2 is 1.79 bits per heavy atom. The Labute approximate surface area is 143 Å². The summed E-state index contributed by atoms with van der Waals surface area (Å²) in [6.45, 7) is 8.69. The molecule has 0 atom stereocenters. The van der Waals surface area contributed by atoms with Crippen LogP contribution in [0.1, 0.15) is 49.2 Å². The average molecular weight is 327 g/mol. The summed E-state index contributed by atoms with van der Waals surface area (Å²) in [5.41, 5.74) is 3.12. The van der Waals surface area contributed by atoms with E-state index in [4.69, 9.17) is 4.74 Å². The first-order chi connectivity index (χ1) is 11.3. The monoisotopic (exact) mass is 327 g/mol. The Morgan fingerprint density at radius 1 is 1.12 bits per heavy atom. The molecule has 0 fully saturated rings. The number of aliphatic hydroxyl groups excluding tert-OH is 1. The van der Waals surface area contributed by atoms with Crippen molar-refractivity contribution in [2.45, 2.75) is 39.7 Å².